The minimum absolute atomic E-state index is 0.0570. The molecule has 2 rings (SSSR count). The van der Waals surface area contributed by atoms with E-state index in [1.54, 1.807) is 0 Å². The van der Waals surface area contributed by atoms with Crippen LogP contribution in [-0.2, 0) is 17.6 Å². The fourth-order valence-electron chi connectivity index (χ4n) is 4.26. The highest BCUT2D eigenvalue weighted by Gasteiger charge is 2.22. The van der Waals surface area contributed by atoms with Crippen LogP contribution in [0.5, 0.6) is 0 Å². The van der Waals surface area contributed by atoms with E-state index in [1.165, 1.54) is 11.1 Å². The first-order chi connectivity index (χ1) is 17.2. The monoisotopic (exact) mass is 497 g/mol. The summed E-state index contributed by atoms with van der Waals surface area (Å²) < 4.78 is 0. The molecule has 196 valence electrons. The van der Waals surface area contributed by atoms with Crippen molar-refractivity contribution < 1.29 is 24.6 Å². The lowest BCUT2D eigenvalue weighted by Crippen LogP contribution is -2.46. The molecule has 8 heteroatoms. The second-order valence-corrected chi connectivity index (χ2v) is 9.51. The molecule has 0 bridgehead atoms. The van der Waals surface area contributed by atoms with Gasteiger partial charge < -0.3 is 26.2 Å². The van der Waals surface area contributed by atoms with Crippen molar-refractivity contribution in [1.82, 2.24) is 16.0 Å². The van der Waals surface area contributed by atoms with Crippen molar-refractivity contribution in [2.24, 2.45) is 11.8 Å². The van der Waals surface area contributed by atoms with Crippen LogP contribution in [0.25, 0.3) is 0 Å². The van der Waals surface area contributed by atoms with E-state index < -0.39 is 18.2 Å². The number of carbonyl (C=O) groups is 3. The van der Waals surface area contributed by atoms with Gasteiger partial charge in [0.05, 0.1) is 0 Å². The Hall–Kier alpha value is -3.55. The number of nitrogens with one attached hydrogen (secondary N) is 3. The molecule has 0 aliphatic carbocycles. The summed E-state index contributed by atoms with van der Waals surface area (Å²) in [5.41, 5.74) is 2.34. The molecule has 0 spiro atoms. The lowest BCUT2D eigenvalue weighted by molar-refractivity contribution is -0.125. The lowest BCUT2D eigenvalue weighted by atomic mass is 9.92. The molecule has 1 unspecified atom stereocenters. The zero-order valence-corrected chi connectivity index (χ0v) is 21.2. The van der Waals surface area contributed by atoms with Crippen molar-refractivity contribution >= 4 is 18.1 Å². The quantitative estimate of drug-likeness (QED) is 0.244. The number of amides is 3. The van der Waals surface area contributed by atoms with Crippen LogP contribution in [0.2, 0.25) is 0 Å². The Morgan fingerprint density at radius 2 is 1.22 bits per heavy atom. The molecule has 0 saturated heterocycles. The minimum Gasteiger partial charge on any atom is -0.465 e. The summed E-state index contributed by atoms with van der Waals surface area (Å²) in [5, 5.41) is 26.2. The molecular weight excluding hydrogens is 458 g/mol. The average molecular weight is 498 g/mol. The van der Waals surface area contributed by atoms with Gasteiger partial charge in [-0.05, 0) is 55.6 Å². The molecule has 0 aliphatic rings. The first kappa shape index (κ1) is 28.7. The van der Waals surface area contributed by atoms with Crippen LogP contribution in [0.15, 0.2) is 60.7 Å². The van der Waals surface area contributed by atoms with Crippen LogP contribution in [0.1, 0.15) is 50.7 Å². The zero-order chi connectivity index (χ0) is 26.3. The Kier molecular flexibility index (Phi) is 12.3. The second-order valence-electron chi connectivity index (χ2n) is 9.51. The molecule has 2 aromatic carbocycles. The van der Waals surface area contributed by atoms with Crippen LogP contribution in [0.4, 0.5) is 9.59 Å². The summed E-state index contributed by atoms with van der Waals surface area (Å²) in [5.74, 6) is -0.252. The van der Waals surface area contributed by atoms with E-state index in [-0.39, 0.29) is 30.3 Å². The first-order valence-electron chi connectivity index (χ1n) is 12.6. The average Bonchev–Trinajstić information content (AvgIpc) is 2.85. The van der Waals surface area contributed by atoms with Crippen LogP contribution >= 0.6 is 0 Å². The zero-order valence-electron chi connectivity index (χ0n) is 21.2. The van der Waals surface area contributed by atoms with E-state index in [4.69, 9.17) is 5.11 Å². The maximum Gasteiger partial charge on any atom is 0.404 e. The molecule has 0 saturated carbocycles. The molecule has 8 nitrogen and oxygen atoms in total. The van der Waals surface area contributed by atoms with Crippen LogP contribution in [-0.4, -0.2) is 46.9 Å². The SMILES string of the molecule is CC(C)C(CC[C@@H](CNC(=O)C(CCc1ccccc1)CCc1ccccc1)NC(=O)O)NC(=O)O. The van der Waals surface area contributed by atoms with Gasteiger partial charge in [0.1, 0.15) is 0 Å². The van der Waals surface area contributed by atoms with Crippen molar-refractivity contribution in [2.75, 3.05) is 6.54 Å². The Balaban J connectivity index is 1.99. The number of benzene rings is 2. The van der Waals surface area contributed by atoms with Crippen LogP contribution in [0, 0.1) is 11.8 Å². The first-order valence-corrected chi connectivity index (χ1v) is 12.6. The van der Waals surface area contributed by atoms with Crippen LogP contribution < -0.4 is 16.0 Å². The Labute approximate surface area is 213 Å². The van der Waals surface area contributed by atoms with E-state index in [0.29, 0.717) is 25.7 Å². The number of aryl methyl sites for hydroxylation is 2. The molecular formula is C28H39N3O5. The van der Waals surface area contributed by atoms with Crippen molar-refractivity contribution in [3.05, 3.63) is 71.8 Å². The maximum atomic E-state index is 13.2. The molecule has 2 aromatic rings. The highest BCUT2D eigenvalue weighted by atomic mass is 16.4. The summed E-state index contributed by atoms with van der Waals surface area (Å²) in [7, 11) is 0. The van der Waals surface area contributed by atoms with Gasteiger partial charge in [-0.2, -0.15) is 0 Å². The van der Waals surface area contributed by atoms with Crippen molar-refractivity contribution in [1.29, 1.82) is 0 Å². The Bertz CT molecular complexity index is 893. The van der Waals surface area contributed by atoms with Gasteiger partial charge >= 0.3 is 12.2 Å². The Morgan fingerprint density at radius 1 is 0.722 bits per heavy atom. The smallest absolute Gasteiger partial charge is 0.404 e. The Morgan fingerprint density at radius 3 is 1.67 bits per heavy atom. The molecule has 0 fully saturated rings. The predicted molar refractivity (Wildman–Crippen MR) is 140 cm³/mol. The van der Waals surface area contributed by atoms with Gasteiger partial charge in [-0.25, -0.2) is 9.59 Å². The lowest BCUT2D eigenvalue weighted by Gasteiger charge is -2.25. The third-order valence-electron chi connectivity index (χ3n) is 6.41. The third kappa shape index (κ3) is 11.3. The highest BCUT2D eigenvalue weighted by molar-refractivity contribution is 5.78. The molecule has 3 amide bonds. The van der Waals surface area contributed by atoms with E-state index in [2.05, 4.69) is 40.2 Å². The normalized spacial score (nSPS) is 12.7. The summed E-state index contributed by atoms with van der Waals surface area (Å²) in [4.78, 5) is 35.6. The van der Waals surface area contributed by atoms with Gasteiger partial charge in [-0.1, -0.05) is 74.5 Å². The van der Waals surface area contributed by atoms with E-state index >= 15 is 0 Å². The number of carboxylic acid groups (broad SMARTS) is 2. The molecule has 36 heavy (non-hydrogen) atoms. The minimum atomic E-state index is -1.17. The largest absolute Gasteiger partial charge is 0.465 e. The predicted octanol–water partition coefficient (Wildman–Crippen LogP) is 4.69. The number of hydrogen-bond acceptors (Lipinski definition) is 3. The van der Waals surface area contributed by atoms with Crippen molar-refractivity contribution in [3.8, 4) is 0 Å². The van der Waals surface area contributed by atoms with E-state index in [9.17, 15) is 19.5 Å². The summed E-state index contributed by atoms with van der Waals surface area (Å²) in [6, 6.07) is 19.3. The molecule has 0 radical (unpaired) electrons. The highest BCUT2D eigenvalue weighted by Crippen LogP contribution is 2.18. The van der Waals surface area contributed by atoms with Gasteiger partial charge in [0.25, 0.3) is 0 Å². The van der Waals surface area contributed by atoms with Crippen molar-refractivity contribution in [2.45, 2.75) is 64.5 Å². The fourth-order valence-corrected chi connectivity index (χ4v) is 4.26. The maximum absolute atomic E-state index is 13.2. The summed E-state index contributed by atoms with van der Waals surface area (Å²) in [6.45, 7) is 3.97. The molecule has 0 heterocycles. The van der Waals surface area contributed by atoms with E-state index in [0.717, 1.165) is 12.8 Å². The fraction of sp³-hybridized carbons (Fsp3) is 0.464. The van der Waals surface area contributed by atoms with Crippen molar-refractivity contribution in [3.63, 3.8) is 0 Å². The molecule has 2 atom stereocenters. The van der Waals surface area contributed by atoms with Gasteiger partial charge in [-0.3, -0.25) is 4.79 Å². The topological polar surface area (TPSA) is 128 Å². The van der Waals surface area contributed by atoms with Gasteiger partial charge in [0.15, 0.2) is 0 Å². The van der Waals surface area contributed by atoms with Gasteiger partial charge in [0, 0.05) is 24.5 Å². The second kappa shape index (κ2) is 15.4. The summed E-state index contributed by atoms with van der Waals surface area (Å²) in [6.07, 6.45) is 1.51. The third-order valence-corrected chi connectivity index (χ3v) is 6.41. The molecule has 0 aliphatic heterocycles. The van der Waals surface area contributed by atoms with E-state index in [1.807, 2.05) is 50.2 Å². The van der Waals surface area contributed by atoms with Gasteiger partial charge in [0.2, 0.25) is 5.91 Å². The molecule has 5 N–H and O–H groups in total. The molecule has 0 aromatic heterocycles. The number of carbonyl (C=O) groups excluding carboxylic acids is 1. The summed E-state index contributed by atoms with van der Waals surface area (Å²) >= 11 is 0. The van der Waals surface area contributed by atoms with Crippen LogP contribution in [0.3, 0.4) is 0 Å². The number of hydrogen-bond donors (Lipinski definition) is 5. The standard InChI is InChI=1S/C28H39N3O5/c1-20(2)25(31-28(35)36)18-17-24(30-27(33)34)19-29-26(32)23(15-13-21-9-5-3-6-10-21)16-14-22-11-7-4-8-12-22/h3-12,20,23-25,30-31H,13-19H2,1-2H3,(H,29,32)(H,33,34)(H,35,36)/t24-,25?/m0/s1. The number of rotatable bonds is 15. The van der Waals surface area contributed by atoms with Gasteiger partial charge in [-0.15, -0.1) is 0 Å².